The molecule has 1 saturated heterocycles. The van der Waals surface area contributed by atoms with Gasteiger partial charge in [-0.05, 0) is 12.0 Å². The molecule has 0 unspecified atom stereocenters. The first-order valence-electron chi connectivity index (χ1n) is 6.54. The topological polar surface area (TPSA) is 40.6 Å². The van der Waals surface area contributed by atoms with Gasteiger partial charge in [-0.2, -0.15) is 0 Å². The van der Waals surface area contributed by atoms with Gasteiger partial charge in [0.15, 0.2) is 0 Å². The van der Waals surface area contributed by atoms with E-state index in [4.69, 9.17) is 0 Å². The van der Waals surface area contributed by atoms with Crippen molar-refractivity contribution in [3.8, 4) is 0 Å². The molecule has 1 fully saturated rings. The Morgan fingerprint density at radius 3 is 2.47 bits per heavy atom. The molecule has 4 nitrogen and oxygen atoms in total. The Hall–Kier alpha value is -1.84. The van der Waals surface area contributed by atoms with Crippen LogP contribution in [0.1, 0.15) is 24.4 Å². The van der Waals surface area contributed by atoms with Crippen LogP contribution in [0.5, 0.6) is 0 Å². The molecular weight excluding hydrogens is 240 g/mol. The molecule has 0 radical (unpaired) electrons. The van der Waals surface area contributed by atoms with Crippen molar-refractivity contribution in [3.63, 3.8) is 0 Å². The van der Waals surface area contributed by atoms with Crippen molar-refractivity contribution in [3.05, 3.63) is 35.9 Å². The number of hydrogen-bond donors (Lipinski definition) is 0. The van der Waals surface area contributed by atoms with Gasteiger partial charge in [0.1, 0.15) is 0 Å². The summed E-state index contributed by atoms with van der Waals surface area (Å²) in [6, 6.07) is 9.64. The van der Waals surface area contributed by atoms with Gasteiger partial charge in [-0.15, -0.1) is 0 Å². The quantitative estimate of drug-likeness (QED) is 0.812. The fourth-order valence-electron chi connectivity index (χ4n) is 2.73. The van der Waals surface area contributed by atoms with E-state index >= 15 is 0 Å². The molecule has 0 saturated carbocycles. The summed E-state index contributed by atoms with van der Waals surface area (Å²) < 4.78 is 0. The average Bonchev–Trinajstić information content (AvgIpc) is 2.41. The summed E-state index contributed by atoms with van der Waals surface area (Å²) in [5.74, 6) is 0.0463. The summed E-state index contributed by atoms with van der Waals surface area (Å²) in [6.07, 6.45) is 1.07. The first-order valence-corrected chi connectivity index (χ1v) is 6.54. The van der Waals surface area contributed by atoms with E-state index in [1.165, 1.54) is 0 Å². The number of nitrogens with zero attached hydrogens (tertiary/aromatic N) is 2. The zero-order chi connectivity index (χ0) is 14.0. The molecule has 1 aliphatic heterocycles. The Balaban J connectivity index is 2.36. The third-order valence-electron chi connectivity index (χ3n) is 3.76. The highest BCUT2D eigenvalue weighted by Gasteiger charge is 2.39. The van der Waals surface area contributed by atoms with Gasteiger partial charge in [0.25, 0.3) is 0 Å². The van der Waals surface area contributed by atoms with E-state index < -0.39 is 0 Å². The Labute approximate surface area is 114 Å². The van der Waals surface area contributed by atoms with Gasteiger partial charge in [0, 0.05) is 27.6 Å². The second-order valence-corrected chi connectivity index (χ2v) is 5.24. The van der Waals surface area contributed by atoms with E-state index in [1.807, 2.05) is 30.3 Å². The van der Waals surface area contributed by atoms with Gasteiger partial charge in [0.2, 0.25) is 11.8 Å². The second-order valence-electron chi connectivity index (χ2n) is 5.24. The van der Waals surface area contributed by atoms with Crippen LogP contribution in [0.25, 0.3) is 0 Å². The maximum atomic E-state index is 12.3. The zero-order valence-corrected chi connectivity index (χ0v) is 11.7. The van der Waals surface area contributed by atoms with E-state index in [0.29, 0.717) is 12.8 Å². The number of likely N-dealkylation sites (tertiary alicyclic amines) is 1. The monoisotopic (exact) mass is 260 g/mol. The highest BCUT2D eigenvalue weighted by molar-refractivity contribution is 5.84. The summed E-state index contributed by atoms with van der Waals surface area (Å²) in [6.45, 7) is 0. The summed E-state index contributed by atoms with van der Waals surface area (Å²) in [5, 5.41) is 0. The van der Waals surface area contributed by atoms with Crippen molar-refractivity contribution in [1.29, 1.82) is 0 Å². The highest BCUT2D eigenvalue weighted by Crippen LogP contribution is 2.36. The van der Waals surface area contributed by atoms with Gasteiger partial charge in [-0.1, -0.05) is 30.3 Å². The van der Waals surface area contributed by atoms with Crippen LogP contribution >= 0.6 is 0 Å². The number of carbonyl (C=O) groups excluding carboxylic acids is 2. The average molecular weight is 260 g/mol. The third-order valence-corrected chi connectivity index (χ3v) is 3.76. The van der Waals surface area contributed by atoms with Gasteiger partial charge in [-0.25, -0.2) is 0 Å². The van der Waals surface area contributed by atoms with Crippen LogP contribution in [0.15, 0.2) is 30.3 Å². The largest absolute Gasteiger partial charge is 0.349 e. The lowest BCUT2D eigenvalue weighted by atomic mass is 9.84. The number of hydrogen-bond acceptors (Lipinski definition) is 2. The molecule has 0 aromatic heterocycles. The van der Waals surface area contributed by atoms with Crippen molar-refractivity contribution in [1.82, 2.24) is 9.80 Å². The van der Waals surface area contributed by atoms with Crippen molar-refractivity contribution < 1.29 is 9.59 Å². The number of piperidine rings is 1. The molecule has 1 aromatic carbocycles. The second kappa shape index (κ2) is 5.43. The molecule has 2 atom stereocenters. The van der Waals surface area contributed by atoms with Crippen LogP contribution in [0.4, 0.5) is 0 Å². The minimum Gasteiger partial charge on any atom is -0.349 e. The number of amides is 2. The molecule has 1 heterocycles. The molecule has 2 amide bonds. The SMILES string of the molecule is CN(C)C(=O)[C@@H]1CCC(=O)N(C)[C@H]1c1ccccc1. The lowest BCUT2D eigenvalue weighted by Crippen LogP contribution is -2.46. The molecule has 0 spiro atoms. The molecule has 2 rings (SSSR count). The molecular formula is C15H20N2O2. The van der Waals surface area contributed by atoms with Gasteiger partial charge in [-0.3, -0.25) is 9.59 Å². The Morgan fingerprint density at radius 1 is 1.26 bits per heavy atom. The number of benzene rings is 1. The van der Waals surface area contributed by atoms with Crippen LogP contribution in [0.2, 0.25) is 0 Å². The Morgan fingerprint density at radius 2 is 1.89 bits per heavy atom. The molecule has 0 bridgehead atoms. The number of rotatable bonds is 2. The van der Waals surface area contributed by atoms with Crippen LogP contribution in [0.3, 0.4) is 0 Å². The van der Waals surface area contributed by atoms with Gasteiger partial charge >= 0.3 is 0 Å². The van der Waals surface area contributed by atoms with E-state index in [2.05, 4.69) is 0 Å². The predicted octanol–water partition coefficient (Wildman–Crippen LogP) is 1.68. The van der Waals surface area contributed by atoms with E-state index in [9.17, 15) is 9.59 Å². The fraction of sp³-hybridized carbons (Fsp3) is 0.467. The smallest absolute Gasteiger partial charge is 0.227 e. The molecule has 0 aliphatic carbocycles. The zero-order valence-electron chi connectivity index (χ0n) is 11.7. The summed E-state index contributed by atoms with van der Waals surface area (Å²) >= 11 is 0. The van der Waals surface area contributed by atoms with Crippen LogP contribution in [-0.2, 0) is 9.59 Å². The Bertz CT molecular complexity index is 470. The molecule has 102 valence electrons. The van der Waals surface area contributed by atoms with E-state index in [1.54, 1.807) is 30.9 Å². The maximum Gasteiger partial charge on any atom is 0.227 e. The number of carbonyl (C=O) groups is 2. The predicted molar refractivity (Wildman–Crippen MR) is 73.4 cm³/mol. The van der Waals surface area contributed by atoms with Gasteiger partial charge in [0.05, 0.1) is 12.0 Å². The standard InChI is InChI=1S/C15H20N2O2/c1-16(2)15(19)12-9-10-13(18)17(3)14(12)11-7-5-4-6-8-11/h4-8,12,14H,9-10H2,1-3H3/t12-,14+/m1/s1. The third kappa shape index (κ3) is 2.62. The minimum atomic E-state index is -0.155. The van der Waals surface area contributed by atoms with Gasteiger partial charge < -0.3 is 9.80 Å². The Kier molecular flexibility index (Phi) is 3.88. The van der Waals surface area contributed by atoms with Crippen molar-refractivity contribution in [2.75, 3.05) is 21.1 Å². The van der Waals surface area contributed by atoms with E-state index in [0.717, 1.165) is 5.56 Å². The molecule has 4 heteroatoms. The lowest BCUT2D eigenvalue weighted by molar-refractivity contribution is -0.145. The summed E-state index contributed by atoms with van der Waals surface area (Å²) in [5.41, 5.74) is 1.03. The first kappa shape index (κ1) is 13.6. The van der Waals surface area contributed by atoms with Crippen molar-refractivity contribution >= 4 is 11.8 Å². The normalized spacial score (nSPS) is 23.3. The summed E-state index contributed by atoms with van der Waals surface area (Å²) in [4.78, 5) is 27.6. The lowest BCUT2D eigenvalue weighted by Gasteiger charge is -2.39. The van der Waals surface area contributed by atoms with Crippen LogP contribution < -0.4 is 0 Å². The molecule has 0 N–H and O–H groups in total. The molecule has 1 aliphatic rings. The minimum absolute atomic E-state index is 0.0909. The molecule has 19 heavy (non-hydrogen) atoms. The van der Waals surface area contributed by atoms with Crippen molar-refractivity contribution in [2.24, 2.45) is 5.92 Å². The van der Waals surface area contributed by atoms with Crippen molar-refractivity contribution in [2.45, 2.75) is 18.9 Å². The fourth-order valence-corrected chi connectivity index (χ4v) is 2.73. The molecule has 1 aromatic rings. The van der Waals surface area contributed by atoms with Crippen LogP contribution in [-0.4, -0.2) is 42.8 Å². The van der Waals surface area contributed by atoms with Crippen LogP contribution in [0, 0.1) is 5.92 Å². The highest BCUT2D eigenvalue weighted by atomic mass is 16.2. The maximum absolute atomic E-state index is 12.3. The van der Waals surface area contributed by atoms with E-state index in [-0.39, 0.29) is 23.8 Å². The summed E-state index contributed by atoms with van der Waals surface area (Å²) in [7, 11) is 5.32. The first-order chi connectivity index (χ1) is 9.02.